The Bertz CT molecular complexity index is 685. The topological polar surface area (TPSA) is 86.0 Å². The lowest BCUT2D eigenvalue weighted by Gasteiger charge is -2.37. The summed E-state index contributed by atoms with van der Waals surface area (Å²) < 4.78 is 7.36. The van der Waals surface area contributed by atoms with Crippen LogP contribution in [0, 0.1) is 6.92 Å². The molecule has 1 atom stereocenters. The predicted octanol–water partition coefficient (Wildman–Crippen LogP) is 0.712. The maximum atomic E-state index is 12.9. The van der Waals surface area contributed by atoms with Crippen LogP contribution >= 0.6 is 0 Å². The van der Waals surface area contributed by atoms with Gasteiger partial charge in [-0.3, -0.25) is 4.79 Å². The van der Waals surface area contributed by atoms with E-state index in [2.05, 4.69) is 20.1 Å². The minimum atomic E-state index is -0.792. The number of hydrogen-bond acceptors (Lipinski definition) is 6. The van der Waals surface area contributed by atoms with E-state index in [1.807, 2.05) is 26.8 Å². The van der Waals surface area contributed by atoms with Crippen molar-refractivity contribution in [3.8, 4) is 0 Å². The fourth-order valence-corrected chi connectivity index (χ4v) is 2.65. The number of nitrogens with zero attached hydrogens (tertiary/aromatic N) is 6. The van der Waals surface area contributed by atoms with Gasteiger partial charge in [0.1, 0.15) is 30.1 Å². The fraction of sp³-hybridized carbons (Fsp3) is 0.533. The third kappa shape index (κ3) is 3.07. The first kappa shape index (κ1) is 15.5. The molecule has 0 unspecified atom stereocenters. The largest absolute Gasteiger partial charge is 0.368 e. The molecule has 0 bridgehead atoms. The second-order valence-corrected chi connectivity index (χ2v) is 6.04. The number of hydrogen-bond donors (Lipinski definition) is 0. The molecular weight excluding hydrogens is 296 g/mol. The van der Waals surface area contributed by atoms with Crippen molar-refractivity contribution in [2.24, 2.45) is 0 Å². The Labute approximate surface area is 134 Å². The van der Waals surface area contributed by atoms with Gasteiger partial charge in [-0.05, 0) is 26.8 Å². The summed E-state index contributed by atoms with van der Waals surface area (Å²) in [4.78, 5) is 27.1. The summed E-state index contributed by atoms with van der Waals surface area (Å²) in [5.41, 5.74) is 0.00791. The Morgan fingerprint density at radius 3 is 2.96 bits per heavy atom. The van der Waals surface area contributed by atoms with E-state index in [0.717, 1.165) is 5.69 Å². The van der Waals surface area contributed by atoms with E-state index in [-0.39, 0.29) is 12.0 Å². The van der Waals surface area contributed by atoms with Crippen molar-refractivity contribution in [3.05, 3.63) is 36.4 Å². The van der Waals surface area contributed by atoms with Crippen LogP contribution in [0.2, 0.25) is 0 Å². The molecule has 3 rings (SSSR count). The van der Waals surface area contributed by atoms with E-state index < -0.39 is 5.54 Å². The quantitative estimate of drug-likeness (QED) is 0.829. The van der Waals surface area contributed by atoms with Crippen molar-refractivity contribution in [2.45, 2.75) is 32.4 Å². The average molecular weight is 316 g/mol. The summed E-state index contributed by atoms with van der Waals surface area (Å²) in [6, 6.07) is 1.83. The molecule has 1 aliphatic rings. The molecule has 8 nitrogen and oxygen atoms in total. The van der Waals surface area contributed by atoms with Crippen LogP contribution < -0.4 is 0 Å². The summed E-state index contributed by atoms with van der Waals surface area (Å²) in [6.07, 6.45) is 4.46. The second kappa shape index (κ2) is 6.04. The Morgan fingerprint density at radius 1 is 1.43 bits per heavy atom. The maximum absolute atomic E-state index is 12.9. The van der Waals surface area contributed by atoms with Crippen molar-refractivity contribution >= 4 is 5.91 Å². The number of aromatic nitrogens is 5. The van der Waals surface area contributed by atoms with Gasteiger partial charge in [0, 0.05) is 12.7 Å². The lowest BCUT2D eigenvalue weighted by atomic mass is 10.0. The summed E-state index contributed by atoms with van der Waals surface area (Å²) >= 11 is 0. The monoisotopic (exact) mass is 316 g/mol. The van der Waals surface area contributed by atoms with Crippen LogP contribution in [0.25, 0.3) is 0 Å². The molecule has 0 radical (unpaired) electrons. The highest BCUT2D eigenvalue weighted by molar-refractivity contribution is 5.83. The molecule has 0 spiro atoms. The summed E-state index contributed by atoms with van der Waals surface area (Å²) in [5, 5.41) is 4.10. The molecular formula is C15H20N6O2. The molecule has 2 aromatic rings. The summed E-state index contributed by atoms with van der Waals surface area (Å²) in [7, 11) is 0. The first-order valence-corrected chi connectivity index (χ1v) is 7.54. The minimum absolute atomic E-state index is 0.0120. The Kier molecular flexibility index (Phi) is 4.08. The van der Waals surface area contributed by atoms with Gasteiger partial charge in [-0.2, -0.15) is 5.10 Å². The Hall–Kier alpha value is -2.35. The van der Waals surface area contributed by atoms with E-state index in [0.29, 0.717) is 25.5 Å². The van der Waals surface area contributed by atoms with Gasteiger partial charge in [-0.15, -0.1) is 0 Å². The molecule has 0 aliphatic carbocycles. The SMILES string of the molecule is Cc1nccc([C@@H]2CN(C(=O)C(C)(C)n3cncn3)CCO2)n1. The van der Waals surface area contributed by atoms with Crippen molar-refractivity contribution in [3.63, 3.8) is 0 Å². The van der Waals surface area contributed by atoms with E-state index in [1.54, 1.807) is 22.1 Å². The van der Waals surface area contributed by atoms with Crippen LogP contribution in [0.5, 0.6) is 0 Å². The fourth-order valence-electron chi connectivity index (χ4n) is 2.65. The highest BCUT2D eigenvalue weighted by Crippen LogP contribution is 2.24. The van der Waals surface area contributed by atoms with E-state index in [4.69, 9.17) is 4.74 Å². The number of carbonyl (C=O) groups is 1. The third-order valence-electron chi connectivity index (χ3n) is 4.00. The van der Waals surface area contributed by atoms with Gasteiger partial charge in [0.15, 0.2) is 0 Å². The van der Waals surface area contributed by atoms with Gasteiger partial charge in [0.05, 0.1) is 18.8 Å². The van der Waals surface area contributed by atoms with Gasteiger partial charge < -0.3 is 9.64 Å². The molecule has 1 amide bonds. The average Bonchev–Trinajstić information content (AvgIpc) is 3.09. The summed E-state index contributed by atoms with van der Waals surface area (Å²) in [6.45, 7) is 7.01. The van der Waals surface area contributed by atoms with Gasteiger partial charge in [0.25, 0.3) is 0 Å². The van der Waals surface area contributed by atoms with Crippen LogP contribution in [0.1, 0.15) is 31.5 Å². The first-order valence-electron chi connectivity index (χ1n) is 7.54. The lowest BCUT2D eigenvalue weighted by molar-refractivity contribution is -0.147. The summed E-state index contributed by atoms with van der Waals surface area (Å²) in [5.74, 6) is 0.680. The zero-order chi connectivity index (χ0) is 16.4. The minimum Gasteiger partial charge on any atom is -0.368 e. The number of rotatable bonds is 3. The van der Waals surface area contributed by atoms with Crippen molar-refractivity contribution < 1.29 is 9.53 Å². The number of carbonyl (C=O) groups excluding carboxylic acids is 1. The highest BCUT2D eigenvalue weighted by atomic mass is 16.5. The molecule has 0 N–H and O–H groups in total. The van der Waals surface area contributed by atoms with Crippen LogP contribution in [0.3, 0.4) is 0 Å². The molecule has 2 aromatic heterocycles. The third-order valence-corrected chi connectivity index (χ3v) is 4.00. The number of aryl methyl sites for hydroxylation is 1. The molecule has 8 heteroatoms. The predicted molar refractivity (Wildman–Crippen MR) is 81.4 cm³/mol. The molecule has 1 fully saturated rings. The molecule has 1 aliphatic heterocycles. The van der Waals surface area contributed by atoms with Crippen LogP contribution in [0.15, 0.2) is 24.9 Å². The van der Waals surface area contributed by atoms with Crippen LogP contribution in [-0.4, -0.2) is 55.2 Å². The van der Waals surface area contributed by atoms with Crippen molar-refractivity contribution in [1.29, 1.82) is 0 Å². The zero-order valence-corrected chi connectivity index (χ0v) is 13.5. The molecule has 0 saturated carbocycles. The lowest BCUT2D eigenvalue weighted by Crippen LogP contribution is -2.51. The Morgan fingerprint density at radius 2 is 2.26 bits per heavy atom. The van der Waals surface area contributed by atoms with Gasteiger partial charge in [-0.25, -0.2) is 19.6 Å². The molecule has 23 heavy (non-hydrogen) atoms. The number of amides is 1. The first-order chi connectivity index (χ1) is 11.0. The van der Waals surface area contributed by atoms with Gasteiger partial charge in [0.2, 0.25) is 5.91 Å². The van der Waals surface area contributed by atoms with E-state index in [1.165, 1.54) is 6.33 Å². The standard InChI is InChI=1S/C15H20N6O2/c1-11-17-5-4-12(19-11)13-8-20(6-7-23-13)14(22)15(2,3)21-10-16-9-18-21/h4-5,9-10,13H,6-8H2,1-3H3/t13-/m0/s1. The highest BCUT2D eigenvalue weighted by Gasteiger charge is 2.37. The van der Waals surface area contributed by atoms with Gasteiger partial charge >= 0.3 is 0 Å². The molecule has 3 heterocycles. The molecule has 122 valence electrons. The smallest absolute Gasteiger partial charge is 0.250 e. The Balaban J connectivity index is 1.77. The van der Waals surface area contributed by atoms with E-state index >= 15 is 0 Å². The molecule has 0 aromatic carbocycles. The van der Waals surface area contributed by atoms with Gasteiger partial charge in [-0.1, -0.05) is 0 Å². The van der Waals surface area contributed by atoms with Crippen molar-refractivity contribution in [1.82, 2.24) is 29.6 Å². The number of morpholine rings is 1. The van der Waals surface area contributed by atoms with Crippen LogP contribution in [0.4, 0.5) is 0 Å². The normalized spacial score (nSPS) is 18.9. The van der Waals surface area contributed by atoms with Crippen LogP contribution in [-0.2, 0) is 15.1 Å². The maximum Gasteiger partial charge on any atom is 0.250 e. The van der Waals surface area contributed by atoms with Crippen molar-refractivity contribution in [2.75, 3.05) is 19.7 Å². The van der Waals surface area contributed by atoms with E-state index in [9.17, 15) is 4.79 Å². The second-order valence-electron chi connectivity index (χ2n) is 6.04. The zero-order valence-electron chi connectivity index (χ0n) is 13.5. The number of ether oxygens (including phenoxy) is 1. The molecule has 1 saturated heterocycles.